The van der Waals surface area contributed by atoms with Crippen LogP contribution >= 0.6 is 0 Å². The maximum Gasteiger partial charge on any atom is 0.240 e. The molecule has 0 aliphatic rings. The Morgan fingerprint density at radius 3 is 2.30 bits per heavy atom. The summed E-state index contributed by atoms with van der Waals surface area (Å²) in [5.41, 5.74) is 9.14. The summed E-state index contributed by atoms with van der Waals surface area (Å²) in [7, 11) is -3.62. The molecule has 0 saturated carbocycles. The number of nitrogen functional groups attached to an aromatic ring is 1. The molecule has 0 atom stereocenters. The quantitative estimate of drug-likeness (QED) is 0.611. The highest BCUT2D eigenvalue weighted by molar-refractivity contribution is 7.89. The van der Waals surface area contributed by atoms with E-state index in [0.717, 1.165) is 11.1 Å². The maximum absolute atomic E-state index is 12.4. The highest BCUT2D eigenvalue weighted by Gasteiger charge is 2.14. The molecule has 27 heavy (non-hydrogen) atoms. The van der Waals surface area contributed by atoms with Crippen LogP contribution in [0.4, 0.5) is 5.69 Å². The van der Waals surface area contributed by atoms with Crippen LogP contribution in [0.25, 0.3) is 0 Å². The van der Waals surface area contributed by atoms with Gasteiger partial charge in [-0.1, -0.05) is 48.0 Å². The van der Waals surface area contributed by atoms with Crippen LogP contribution in [0, 0.1) is 6.92 Å². The Kier molecular flexibility index (Phi) is 5.78. The molecule has 3 aromatic rings. The number of nitrogens with one attached hydrogen (secondary N) is 1. The third kappa shape index (κ3) is 5.09. The second-order valence-corrected chi connectivity index (χ2v) is 8.04. The summed E-state index contributed by atoms with van der Waals surface area (Å²) >= 11 is 0. The topological polar surface area (TPSA) is 81.4 Å². The number of anilines is 1. The van der Waals surface area contributed by atoms with E-state index >= 15 is 0 Å². The zero-order chi connectivity index (χ0) is 19.3. The normalized spacial score (nSPS) is 11.3. The van der Waals surface area contributed by atoms with E-state index in [1.165, 1.54) is 17.7 Å². The third-order valence-electron chi connectivity index (χ3n) is 4.13. The Morgan fingerprint density at radius 2 is 1.59 bits per heavy atom. The zero-order valence-electron chi connectivity index (χ0n) is 15.1. The first-order valence-corrected chi connectivity index (χ1v) is 10.0. The number of hydrogen-bond donors (Lipinski definition) is 2. The van der Waals surface area contributed by atoms with Crippen molar-refractivity contribution < 1.29 is 13.2 Å². The Hall–Kier alpha value is -2.83. The van der Waals surface area contributed by atoms with Crippen molar-refractivity contribution in [3.05, 3.63) is 89.5 Å². The molecule has 0 fully saturated rings. The van der Waals surface area contributed by atoms with Gasteiger partial charge in [0.2, 0.25) is 10.0 Å². The molecule has 0 radical (unpaired) electrons. The van der Waals surface area contributed by atoms with Gasteiger partial charge in [-0.05, 0) is 42.8 Å². The van der Waals surface area contributed by atoms with Gasteiger partial charge in [0.1, 0.15) is 12.4 Å². The lowest BCUT2D eigenvalue weighted by Gasteiger charge is -2.13. The molecule has 0 aliphatic heterocycles. The molecule has 0 aliphatic carbocycles. The van der Waals surface area contributed by atoms with Gasteiger partial charge in [0.05, 0.1) is 4.90 Å². The Balaban J connectivity index is 1.68. The van der Waals surface area contributed by atoms with Crippen molar-refractivity contribution in [1.29, 1.82) is 0 Å². The molecule has 5 nitrogen and oxygen atoms in total. The van der Waals surface area contributed by atoms with E-state index in [9.17, 15) is 8.42 Å². The van der Waals surface area contributed by atoms with Gasteiger partial charge in [0.15, 0.2) is 0 Å². The lowest BCUT2D eigenvalue weighted by atomic mass is 10.1. The van der Waals surface area contributed by atoms with E-state index in [0.29, 0.717) is 18.0 Å². The van der Waals surface area contributed by atoms with Gasteiger partial charge >= 0.3 is 0 Å². The Labute approximate surface area is 159 Å². The molecule has 0 aromatic heterocycles. The smallest absolute Gasteiger partial charge is 0.240 e. The van der Waals surface area contributed by atoms with Gasteiger partial charge in [-0.25, -0.2) is 13.1 Å². The Bertz CT molecular complexity index is 998. The molecule has 0 saturated heterocycles. The molecule has 0 bridgehead atoms. The molecule has 0 amide bonds. The van der Waals surface area contributed by atoms with Crippen LogP contribution in [0.15, 0.2) is 77.7 Å². The predicted molar refractivity (Wildman–Crippen MR) is 107 cm³/mol. The second kappa shape index (κ2) is 8.24. The van der Waals surface area contributed by atoms with Crippen molar-refractivity contribution in [2.24, 2.45) is 0 Å². The lowest BCUT2D eigenvalue weighted by molar-refractivity contribution is 0.302. The first kappa shape index (κ1) is 18.9. The van der Waals surface area contributed by atoms with Crippen molar-refractivity contribution in [3.8, 4) is 5.75 Å². The van der Waals surface area contributed by atoms with Crippen LogP contribution in [0.3, 0.4) is 0 Å². The SMILES string of the molecule is Cc1ccc(COc2ccccc2CNS(=O)(=O)c2ccc(N)cc2)cc1. The molecule has 0 unspecified atom stereocenters. The molecule has 6 heteroatoms. The summed E-state index contributed by atoms with van der Waals surface area (Å²) in [4.78, 5) is 0.176. The maximum atomic E-state index is 12.4. The molecular formula is C21H22N2O3S. The van der Waals surface area contributed by atoms with E-state index in [-0.39, 0.29) is 11.4 Å². The van der Waals surface area contributed by atoms with Crippen molar-refractivity contribution >= 4 is 15.7 Å². The summed E-state index contributed by atoms with van der Waals surface area (Å²) in [6.07, 6.45) is 0. The fraction of sp³-hybridized carbons (Fsp3) is 0.143. The average Bonchev–Trinajstić information content (AvgIpc) is 2.67. The first-order valence-electron chi connectivity index (χ1n) is 8.55. The zero-order valence-corrected chi connectivity index (χ0v) is 15.9. The number of rotatable bonds is 7. The van der Waals surface area contributed by atoms with E-state index in [1.54, 1.807) is 12.1 Å². The van der Waals surface area contributed by atoms with Gasteiger partial charge in [-0.3, -0.25) is 0 Å². The molecule has 0 spiro atoms. The highest BCUT2D eigenvalue weighted by atomic mass is 32.2. The van der Waals surface area contributed by atoms with Crippen LogP contribution < -0.4 is 15.2 Å². The van der Waals surface area contributed by atoms with Crippen LogP contribution in [0.1, 0.15) is 16.7 Å². The minimum Gasteiger partial charge on any atom is -0.489 e. The van der Waals surface area contributed by atoms with E-state index < -0.39 is 10.0 Å². The van der Waals surface area contributed by atoms with Crippen molar-refractivity contribution in [1.82, 2.24) is 4.72 Å². The highest BCUT2D eigenvalue weighted by Crippen LogP contribution is 2.20. The molecule has 3 rings (SSSR count). The van der Waals surface area contributed by atoms with Gasteiger partial charge in [-0.15, -0.1) is 0 Å². The predicted octanol–water partition coefficient (Wildman–Crippen LogP) is 3.63. The molecule has 0 heterocycles. The summed E-state index contributed by atoms with van der Waals surface area (Å²) in [6.45, 7) is 2.59. The minimum atomic E-state index is -3.62. The summed E-state index contributed by atoms with van der Waals surface area (Å²) < 4.78 is 33.4. The average molecular weight is 382 g/mol. The number of hydrogen-bond acceptors (Lipinski definition) is 4. The summed E-state index contributed by atoms with van der Waals surface area (Å²) in [5, 5.41) is 0. The third-order valence-corrected chi connectivity index (χ3v) is 5.55. The van der Waals surface area contributed by atoms with Crippen LogP contribution in [-0.4, -0.2) is 8.42 Å². The number of ether oxygens (including phenoxy) is 1. The minimum absolute atomic E-state index is 0.136. The van der Waals surface area contributed by atoms with Gasteiger partial charge in [0, 0.05) is 17.8 Å². The fourth-order valence-corrected chi connectivity index (χ4v) is 3.55. The number of aryl methyl sites for hydroxylation is 1. The van der Waals surface area contributed by atoms with Crippen molar-refractivity contribution in [2.75, 3.05) is 5.73 Å². The van der Waals surface area contributed by atoms with E-state index in [2.05, 4.69) is 4.72 Å². The summed E-state index contributed by atoms with van der Waals surface area (Å²) in [5.74, 6) is 0.651. The van der Waals surface area contributed by atoms with Crippen LogP contribution in [-0.2, 0) is 23.2 Å². The Morgan fingerprint density at radius 1 is 0.926 bits per heavy atom. The largest absolute Gasteiger partial charge is 0.489 e. The number of sulfonamides is 1. The van der Waals surface area contributed by atoms with E-state index in [4.69, 9.17) is 10.5 Å². The molecule has 140 valence electrons. The number of para-hydroxylation sites is 1. The number of nitrogens with two attached hydrogens (primary N) is 1. The monoisotopic (exact) mass is 382 g/mol. The van der Waals surface area contributed by atoms with Crippen LogP contribution in [0.2, 0.25) is 0 Å². The van der Waals surface area contributed by atoms with Gasteiger partial charge < -0.3 is 10.5 Å². The summed E-state index contributed by atoms with van der Waals surface area (Å²) in [6, 6.07) is 21.6. The van der Waals surface area contributed by atoms with Gasteiger partial charge in [0.25, 0.3) is 0 Å². The standard InChI is InChI=1S/C21H22N2O3S/c1-16-6-8-17(9-7-16)15-26-21-5-3-2-4-18(21)14-23-27(24,25)20-12-10-19(22)11-13-20/h2-13,23H,14-15,22H2,1H3. The molecule has 3 aromatic carbocycles. The second-order valence-electron chi connectivity index (χ2n) is 6.28. The molecular weight excluding hydrogens is 360 g/mol. The first-order chi connectivity index (χ1) is 12.9. The molecule has 3 N–H and O–H groups in total. The lowest BCUT2D eigenvalue weighted by Crippen LogP contribution is -2.23. The number of benzene rings is 3. The van der Waals surface area contributed by atoms with Crippen LogP contribution in [0.5, 0.6) is 5.75 Å². The fourth-order valence-electron chi connectivity index (χ4n) is 2.54. The van der Waals surface area contributed by atoms with Crippen molar-refractivity contribution in [3.63, 3.8) is 0 Å². The van der Waals surface area contributed by atoms with E-state index in [1.807, 2.05) is 55.5 Å². The van der Waals surface area contributed by atoms with Crippen molar-refractivity contribution in [2.45, 2.75) is 25.0 Å². The van der Waals surface area contributed by atoms with Gasteiger partial charge in [-0.2, -0.15) is 0 Å².